The molecule has 1 amide bonds. The third kappa shape index (κ3) is 6.15. The molecule has 30 heavy (non-hydrogen) atoms. The van der Waals surface area contributed by atoms with E-state index in [1.54, 1.807) is 24.3 Å². The summed E-state index contributed by atoms with van der Waals surface area (Å²) in [7, 11) is 0. The van der Waals surface area contributed by atoms with Crippen LogP contribution in [0.15, 0.2) is 65.7 Å². The van der Waals surface area contributed by atoms with E-state index in [9.17, 15) is 9.59 Å². The molecule has 0 fully saturated rings. The molecule has 0 unspecified atom stereocenters. The minimum Gasteiger partial charge on any atom is -0.462 e. The second kappa shape index (κ2) is 10.5. The number of carbonyl (C=O) groups excluding carboxylic acids is 2. The fourth-order valence-corrected chi connectivity index (χ4v) is 3.45. The smallest absolute Gasteiger partial charge is 0.338 e. The molecule has 3 aromatic rings. The first-order valence-corrected chi connectivity index (χ1v) is 10.6. The topological polar surface area (TPSA) is 81.2 Å². The number of rotatable bonds is 8. The molecule has 0 atom stereocenters. The average Bonchev–Trinajstić information content (AvgIpc) is 2.76. The highest BCUT2D eigenvalue weighted by atomic mass is 32.2. The quantitative estimate of drug-likeness (QED) is 0.321. The number of hydrogen-bond acceptors (Lipinski definition) is 6. The summed E-state index contributed by atoms with van der Waals surface area (Å²) < 4.78 is 5.13. The van der Waals surface area contributed by atoms with E-state index in [0.717, 1.165) is 22.7 Å². The maximum atomic E-state index is 12.4. The SMILES string of the molecule is CCCOC(=O)c1cccc(NC(=O)CSc2cc(-c3ccccc3)nc(C)n2)c1. The van der Waals surface area contributed by atoms with Crippen molar-refractivity contribution in [1.29, 1.82) is 0 Å². The minimum atomic E-state index is -0.396. The van der Waals surface area contributed by atoms with Crippen LogP contribution in [0, 0.1) is 6.92 Å². The zero-order valence-electron chi connectivity index (χ0n) is 16.9. The molecule has 0 aliphatic carbocycles. The van der Waals surface area contributed by atoms with Crippen molar-refractivity contribution >= 4 is 29.3 Å². The van der Waals surface area contributed by atoms with Gasteiger partial charge in [-0.1, -0.05) is 55.1 Å². The fraction of sp³-hybridized carbons (Fsp3) is 0.217. The van der Waals surface area contributed by atoms with Crippen LogP contribution >= 0.6 is 11.8 Å². The van der Waals surface area contributed by atoms with Gasteiger partial charge in [0, 0.05) is 11.3 Å². The molecular weight excluding hydrogens is 398 g/mol. The predicted molar refractivity (Wildman–Crippen MR) is 119 cm³/mol. The zero-order chi connectivity index (χ0) is 21.3. The maximum Gasteiger partial charge on any atom is 0.338 e. The Morgan fingerprint density at radius 1 is 1.03 bits per heavy atom. The monoisotopic (exact) mass is 421 g/mol. The lowest BCUT2D eigenvalue weighted by Crippen LogP contribution is -2.15. The van der Waals surface area contributed by atoms with E-state index in [1.165, 1.54) is 11.8 Å². The van der Waals surface area contributed by atoms with Crippen LogP contribution in [0.4, 0.5) is 5.69 Å². The van der Waals surface area contributed by atoms with Gasteiger partial charge in [0.25, 0.3) is 0 Å². The fourth-order valence-electron chi connectivity index (χ4n) is 2.71. The Bertz CT molecular complexity index is 1030. The van der Waals surface area contributed by atoms with Gasteiger partial charge in [-0.15, -0.1) is 0 Å². The molecule has 1 aromatic heterocycles. The second-order valence-corrected chi connectivity index (χ2v) is 7.55. The van der Waals surface area contributed by atoms with Crippen molar-refractivity contribution < 1.29 is 14.3 Å². The summed E-state index contributed by atoms with van der Waals surface area (Å²) >= 11 is 1.34. The molecular formula is C23H23N3O3S. The first-order chi connectivity index (χ1) is 14.5. The van der Waals surface area contributed by atoms with Crippen molar-refractivity contribution in [2.45, 2.75) is 25.3 Å². The number of hydrogen-bond donors (Lipinski definition) is 1. The predicted octanol–water partition coefficient (Wildman–Crippen LogP) is 4.75. The van der Waals surface area contributed by atoms with Crippen molar-refractivity contribution in [3.63, 3.8) is 0 Å². The summed E-state index contributed by atoms with van der Waals surface area (Å²) in [6, 6.07) is 18.5. The van der Waals surface area contributed by atoms with Crippen LogP contribution in [0.2, 0.25) is 0 Å². The van der Waals surface area contributed by atoms with E-state index >= 15 is 0 Å². The van der Waals surface area contributed by atoms with Crippen molar-refractivity contribution in [3.8, 4) is 11.3 Å². The van der Waals surface area contributed by atoms with E-state index in [2.05, 4.69) is 15.3 Å². The number of nitrogens with one attached hydrogen (secondary N) is 1. The number of aromatic nitrogens is 2. The van der Waals surface area contributed by atoms with Crippen molar-refractivity contribution in [2.75, 3.05) is 17.7 Å². The largest absolute Gasteiger partial charge is 0.462 e. The molecule has 0 bridgehead atoms. The van der Waals surface area contributed by atoms with Crippen LogP contribution in [0.5, 0.6) is 0 Å². The number of thioether (sulfide) groups is 1. The lowest BCUT2D eigenvalue weighted by Gasteiger charge is -2.08. The molecule has 6 nitrogen and oxygen atoms in total. The first-order valence-electron chi connectivity index (χ1n) is 9.66. The van der Waals surface area contributed by atoms with Gasteiger partial charge in [0.2, 0.25) is 5.91 Å². The number of ether oxygens (including phenoxy) is 1. The summed E-state index contributed by atoms with van der Waals surface area (Å²) in [4.78, 5) is 33.3. The van der Waals surface area contributed by atoms with Crippen molar-refractivity contribution in [3.05, 3.63) is 72.1 Å². The Morgan fingerprint density at radius 3 is 2.60 bits per heavy atom. The standard InChI is InChI=1S/C23H23N3O3S/c1-3-12-29-23(28)18-10-7-11-19(13-18)26-21(27)15-30-22-14-20(24-16(2)25-22)17-8-5-4-6-9-17/h4-11,13-14H,3,12,15H2,1-2H3,(H,26,27). The van der Waals surface area contributed by atoms with Gasteiger partial charge in [-0.2, -0.15) is 0 Å². The number of anilines is 1. The first kappa shape index (κ1) is 21.5. The van der Waals surface area contributed by atoms with Crippen LogP contribution in [-0.4, -0.2) is 34.2 Å². The van der Waals surface area contributed by atoms with Crippen LogP contribution < -0.4 is 5.32 Å². The minimum absolute atomic E-state index is 0.184. The van der Waals surface area contributed by atoms with Crippen molar-refractivity contribution in [2.24, 2.45) is 0 Å². The van der Waals surface area contributed by atoms with E-state index in [-0.39, 0.29) is 11.7 Å². The number of aryl methyl sites for hydroxylation is 1. The molecule has 1 heterocycles. The van der Waals surface area contributed by atoms with Crippen LogP contribution in [-0.2, 0) is 9.53 Å². The summed E-state index contributed by atoms with van der Waals surface area (Å²) in [5.74, 6) is 0.260. The molecule has 0 radical (unpaired) electrons. The molecule has 2 aromatic carbocycles. The highest BCUT2D eigenvalue weighted by Gasteiger charge is 2.11. The number of carbonyl (C=O) groups is 2. The van der Waals surface area contributed by atoms with Gasteiger partial charge in [0.05, 0.1) is 23.6 Å². The Morgan fingerprint density at radius 2 is 1.83 bits per heavy atom. The summed E-state index contributed by atoms with van der Waals surface area (Å²) in [5, 5.41) is 3.54. The number of amides is 1. The molecule has 0 aliphatic rings. The molecule has 7 heteroatoms. The maximum absolute atomic E-state index is 12.4. The lowest BCUT2D eigenvalue weighted by molar-refractivity contribution is -0.113. The van der Waals surface area contributed by atoms with Gasteiger partial charge < -0.3 is 10.1 Å². The van der Waals surface area contributed by atoms with E-state index < -0.39 is 5.97 Å². The summed E-state index contributed by atoms with van der Waals surface area (Å²) in [5.41, 5.74) is 2.79. The van der Waals surface area contributed by atoms with Crippen molar-refractivity contribution in [1.82, 2.24) is 9.97 Å². The summed E-state index contributed by atoms with van der Waals surface area (Å²) in [6.45, 7) is 4.14. The van der Waals surface area contributed by atoms with E-state index in [1.807, 2.05) is 50.2 Å². The van der Waals surface area contributed by atoms with Gasteiger partial charge in [-0.25, -0.2) is 14.8 Å². The molecule has 3 rings (SSSR count). The molecule has 0 saturated heterocycles. The number of benzene rings is 2. The van der Waals surface area contributed by atoms with Gasteiger partial charge >= 0.3 is 5.97 Å². The zero-order valence-corrected chi connectivity index (χ0v) is 17.7. The van der Waals surface area contributed by atoms with E-state index in [4.69, 9.17) is 4.74 Å². The Balaban J connectivity index is 1.61. The summed E-state index contributed by atoms with van der Waals surface area (Å²) in [6.07, 6.45) is 0.758. The van der Waals surface area contributed by atoms with Crippen LogP contribution in [0.3, 0.4) is 0 Å². The third-order valence-electron chi connectivity index (χ3n) is 4.05. The number of nitrogens with zero attached hydrogens (tertiary/aromatic N) is 2. The average molecular weight is 422 g/mol. The third-order valence-corrected chi connectivity index (χ3v) is 4.97. The Labute approximate surface area is 180 Å². The molecule has 0 aliphatic heterocycles. The molecule has 1 N–H and O–H groups in total. The Kier molecular flexibility index (Phi) is 7.57. The van der Waals surface area contributed by atoms with Crippen LogP contribution in [0.25, 0.3) is 11.3 Å². The molecule has 0 saturated carbocycles. The van der Waals surface area contributed by atoms with Gasteiger partial charge in [0.1, 0.15) is 10.9 Å². The number of esters is 1. The Hall–Kier alpha value is -3.19. The van der Waals surface area contributed by atoms with Gasteiger partial charge in [-0.05, 0) is 37.6 Å². The normalized spacial score (nSPS) is 10.5. The highest BCUT2D eigenvalue weighted by Crippen LogP contribution is 2.23. The van der Waals surface area contributed by atoms with Crippen LogP contribution in [0.1, 0.15) is 29.5 Å². The lowest BCUT2D eigenvalue weighted by atomic mass is 10.1. The highest BCUT2D eigenvalue weighted by molar-refractivity contribution is 7.99. The molecule has 0 spiro atoms. The molecule has 154 valence electrons. The van der Waals surface area contributed by atoms with Gasteiger partial charge in [0.15, 0.2) is 0 Å². The van der Waals surface area contributed by atoms with Gasteiger partial charge in [-0.3, -0.25) is 4.79 Å². The second-order valence-electron chi connectivity index (χ2n) is 6.56. The van der Waals surface area contributed by atoms with E-state index in [0.29, 0.717) is 23.7 Å².